The van der Waals surface area contributed by atoms with E-state index in [1.54, 1.807) is 18.2 Å². The van der Waals surface area contributed by atoms with E-state index in [2.05, 4.69) is 14.8 Å². The smallest absolute Gasteiger partial charge is 0.387 e. The van der Waals surface area contributed by atoms with E-state index < -0.39 is 22.5 Å². The molecule has 0 saturated carbocycles. The van der Waals surface area contributed by atoms with Crippen LogP contribution in [0.2, 0.25) is 5.02 Å². The summed E-state index contributed by atoms with van der Waals surface area (Å²) >= 11 is 5.99. The number of rotatable bonds is 7. The van der Waals surface area contributed by atoms with E-state index in [1.165, 1.54) is 54.6 Å². The number of sulfonamides is 1. The minimum absolute atomic E-state index is 0.0539. The van der Waals surface area contributed by atoms with Gasteiger partial charge in [0.2, 0.25) is 0 Å². The molecule has 0 radical (unpaired) electrons. The molecular formula is C20H15ClF2N2O4S. The molecule has 3 rings (SSSR count). The summed E-state index contributed by atoms with van der Waals surface area (Å²) in [6.07, 6.45) is 0. The van der Waals surface area contributed by atoms with Crippen molar-refractivity contribution in [3.63, 3.8) is 0 Å². The third-order valence-corrected chi connectivity index (χ3v) is 5.55. The molecule has 0 aliphatic rings. The average molecular weight is 453 g/mol. The fourth-order valence-corrected chi connectivity index (χ4v) is 3.84. The molecule has 0 fully saturated rings. The summed E-state index contributed by atoms with van der Waals surface area (Å²) in [5.74, 6) is -0.631. The van der Waals surface area contributed by atoms with Crippen LogP contribution in [0.4, 0.5) is 20.2 Å². The molecule has 0 heterocycles. The summed E-state index contributed by atoms with van der Waals surface area (Å²) in [7, 11) is -3.98. The Hall–Kier alpha value is -3.17. The van der Waals surface area contributed by atoms with Gasteiger partial charge in [0.15, 0.2) is 0 Å². The van der Waals surface area contributed by atoms with Crippen molar-refractivity contribution in [2.45, 2.75) is 11.5 Å². The van der Waals surface area contributed by atoms with E-state index in [0.717, 1.165) is 0 Å². The summed E-state index contributed by atoms with van der Waals surface area (Å²) in [5, 5.41) is 2.79. The molecule has 0 unspecified atom stereocenters. The number of carbonyl (C=O) groups is 1. The number of para-hydroxylation sites is 1. The lowest BCUT2D eigenvalue weighted by molar-refractivity contribution is -0.0498. The van der Waals surface area contributed by atoms with Gasteiger partial charge in [0.25, 0.3) is 15.9 Å². The number of ether oxygens (including phenoxy) is 1. The second-order valence-corrected chi connectivity index (χ2v) is 8.06. The Morgan fingerprint density at radius 2 is 1.67 bits per heavy atom. The van der Waals surface area contributed by atoms with Crippen molar-refractivity contribution in [2.24, 2.45) is 0 Å². The number of amides is 1. The number of hydrogen-bond acceptors (Lipinski definition) is 4. The van der Waals surface area contributed by atoms with Gasteiger partial charge >= 0.3 is 6.61 Å². The van der Waals surface area contributed by atoms with Crippen molar-refractivity contribution < 1.29 is 26.7 Å². The highest BCUT2D eigenvalue weighted by molar-refractivity contribution is 7.92. The summed E-state index contributed by atoms with van der Waals surface area (Å²) in [6.45, 7) is -2.95. The fourth-order valence-electron chi connectivity index (χ4n) is 2.48. The first-order valence-corrected chi connectivity index (χ1v) is 10.3. The fraction of sp³-hybridized carbons (Fsp3) is 0.0500. The van der Waals surface area contributed by atoms with E-state index >= 15 is 0 Å². The lowest BCUT2D eigenvalue weighted by Crippen LogP contribution is -2.16. The van der Waals surface area contributed by atoms with Crippen molar-refractivity contribution in [3.05, 3.63) is 83.4 Å². The summed E-state index contributed by atoms with van der Waals surface area (Å²) in [5.41, 5.74) is 0.620. The van der Waals surface area contributed by atoms with Crippen LogP contribution < -0.4 is 14.8 Å². The molecule has 0 atom stereocenters. The molecule has 2 N–H and O–H groups in total. The molecule has 1 amide bonds. The largest absolute Gasteiger partial charge is 0.435 e. The van der Waals surface area contributed by atoms with Crippen molar-refractivity contribution >= 4 is 38.9 Å². The van der Waals surface area contributed by atoms with Gasteiger partial charge in [-0.1, -0.05) is 29.8 Å². The zero-order valence-electron chi connectivity index (χ0n) is 15.2. The lowest BCUT2D eigenvalue weighted by Gasteiger charge is -2.11. The molecule has 6 nitrogen and oxygen atoms in total. The van der Waals surface area contributed by atoms with Crippen LogP contribution in [0.1, 0.15) is 10.4 Å². The predicted molar refractivity (Wildman–Crippen MR) is 110 cm³/mol. The zero-order valence-corrected chi connectivity index (χ0v) is 16.8. The van der Waals surface area contributed by atoms with Crippen LogP contribution >= 0.6 is 11.6 Å². The number of benzene rings is 3. The standard InChI is InChI=1S/C20H15ClF2N2O4S/c21-17-6-1-2-7-18(17)25-30(27,28)16-5-3-4-13(12-16)19(26)24-14-8-10-15(11-9-14)29-20(22)23/h1-12,20,25H,(H,24,26). The third-order valence-electron chi connectivity index (χ3n) is 3.86. The van der Waals surface area contributed by atoms with E-state index in [9.17, 15) is 22.0 Å². The molecule has 156 valence electrons. The van der Waals surface area contributed by atoms with Crippen LogP contribution in [0, 0.1) is 0 Å². The Labute approximate surface area is 176 Å². The summed E-state index contributed by atoms with van der Waals surface area (Å²) < 4.78 is 56.3. The van der Waals surface area contributed by atoms with Crippen molar-refractivity contribution in [3.8, 4) is 5.75 Å². The molecule has 0 aliphatic carbocycles. The first kappa shape index (κ1) is 21.5. The lowest BCUT2D eigenvalue weighted by atomic mass is 10.2. The number of carbonyl (C=O) groups excluding carboxylic acids is 1. The van der Waals surface area contributed by atoms with Crippen LogP contribution in [0.15, 0.2) is 77.7 Å². The summed E-state index contributed by atoms with van der Waals surface area (Å²) in [6, 6.07) is 17.1. The molecule has 0 saturated heterocycles. The predicted octanol–water partition coefficient (Wildman–Crippen LogP) is 4.99. The minimum atomic E-state index is -3.98. The number of halogens is 3. The number of anilines is 2. The molecule has 0 spiro atoms. The molecule has 0 bridgehead atoms. The zero-order chi connectivity index (χ0) is 21.7. The molecule has 0 aromatic heterocycles. The van der Waals surface area contributed by atoms with Gasteiger partial charge in [0.05, 0.1) is 15.6 Å². The van der Waals surface area contributed by atoms with Crippen LogP contribution in [-0.2, 0) is 10.0 Å². The second kappa shape index (κ2) is 9.10. The highest BCUT2D eigenvalue weighted by Crippen LogP contribution is 2.24. The number of nitrogens with one attached hydrogen (secondary N) is 2. The van der Waals surface area contributed by atoms with Gasteiger partial charge in [0, 0.05) is 11.3 Å². The van der Waals surface area contributed by atoms with Gasteiger partial charge in [-0.05, 0) is 54.6 Å². The van der Waals surface area contributed by atoms with Gasteiger partial charge < -0.3 is 10.1 Å². The highest BCUT2D eigenvalue weighted by atomic mass is 35.5. The average Bonchev–Trinajstić information content (AvgIpc) is 2.71. The van der Waals surface area contributed by atoms with Crippen LogP contribution in [0.5, 0.6) is 5.75 Å². The van der Waals surface area contributed by atoms with E-state index in [1.807, 2.05) is 0 Å². The summed E-state index contributed by atoms with van der Waals surface area (Å²) in [4.78, 5) is 12.3. The maximum Gasteiger partial charge on any atom is 0.387 e. The Morgan fingerprint density at radius 1 is 0.967 bits per heavy atom. The van der Waals surface area contributed by atoms with E-state index in [4.69, 9.17) is 11.6 Å². The second-order valence-electron chi connectivity index (χ2n) is 5.97. The van der Waals surface area contributed by atoms with Crippen LogP contribution in [-0.4, -0.2) is 20.9 Å². The first-order valence-electron chi connectivity index (χ1n) is 8.48. The highest BCUT2D eigenvalue weighted by Gasteiger charge is 2.18. The van der Waals surface area contributed by atoms with Gasteiger partial charge in [-0.15, -0.1) is 0 Å². The van der Waals surface area contributed by atoms with Crippen molar-refractivity contribution in [2.75, 3.05) is 10.0 Å². The molecule has 3 aromatic carbocycles. The van der Waals surface area contributed by atoms with Crippen molar-refractivity contribution in [1.29, 1.82) is 0 Å². The van der Waals surface area contributed by atoms with Crippen LogP contribution in [0.25, 0.3) is 0 Å². The van der Waals surface area contributed by atoms with Gasteiger partial charge in [-0.2, -0.15) is 8.78 Å². The van der Waals surface area contributed by atoms with Gasteiger partial charge in [-0.3, -0.25) is 9.52 Å². The van der Waals surface area contributed by atoms with E-state index in [-0.39, 0.29) is 26.9 Å². The third kappa shape index (κ3) is 5.46. The Balaban J connectivity index is 1.76. The normalized spacial score (nSPS) is 11.2. The first-order chi connectivity index (χ1) is 14.2. The molecular weight excluding hydrogens is 438 g/mol. The van der Waals surface area contributed by atoms with Crippen molar-refractivity contribution in [1.82, 2.24) is 0 Å². The van der Waals surface area contributed by atoms with E-state index in [0.29, 0.717) is 5.69 Å². The minimum Gasteiger partial charge on any atom is -0.435 e. The van der Waals surface area contributed by atoms with Gasteiger partial charge in [-0.25, -0.2) is 8.42 Å². The number of hydrogen-bond donors (Lipinski definition) is 2. The van der Waals surface area contributed by atoms with Crippen LogP contribution in [0.3, 0.4) is 0 Å². The SMILES string of the molecule is O=C(Nc1ccc(OC(F)F)cc1)c1cccc(S(=O)(=O)Nc2ccccc2Cl)c1. The molecule has 3 aromatic rings. The Kier molecular flexibility index (Phi) is 6.53. The molecule has 30 heavy (non-hydrogen) atoms. The number of alkyl halides is 2. The quantitative estimate of drug-likeness (QED) is 0.528. The maximum absolute atomic E-state index is 12.6. The molecule has 10 heteroatoms. The monoisotopic (exact) mass is 452 g/mol. The Bertz CT molecular complexity index is 1160. The Morgan fingerprint density at radius 3 is 2.33 bits per heavy atom. The maximum atomic E-state index is 12.6. The topological polar surface area (TPSA) is 84.5 Å². The molecule has 0 aliphatic heterocycles. The van der Waals surface area contributed by atoms with Gasteiger partial charge in [0.1, 0.15) is 5.75 Å².